The van der Waals surface area contributed by atoms with E-state index in [2.05, 4.69) is 0 Å². The smallest absolute Gasteiger partial charge is 0.348 e. The molecule has 1 atom stereocenters. The molecule has 0 spiro atoms. The SMILES string of the molecule is O=C(OCC(=O)N(c1ccccc1)[C@H]1CCS(=O)(=O)C1)c1cccs1. The highest BCUT2D eigenvalue weighted by Gasteiger charge is 2.35. The first-order valence-corrected chi connectivity index (χ1v) is 10.4. The van der Waals surface area contributed by atoms with E-state index in [1.165, 1.54) is 16.2 Å². The molecule has 8 heteroatoms. The normalized spacial score (nSPS) is 18.6. The number of rotatable bonds is 5. The average Bonchev–Trinajstić information content (AvgIpc) is 3.24. The summed E-state index contributed by atoms with van der Waals surface area (Å²) in [6, 6.07) is 11.7. The minimum atomic E-state index is -3.15. The molecule has 0 radical (unpaired) electrons. The van der Waals surface area contributed by atoms with Crippen molar-refractivity contribution in [3.05, 3.63) is 52.7 Å². The molecule has 0 unspecified atom stereocenters. The number of carbonyl (C=O) groups excluding carboxylic acids is 2. The van der Waals surface area contributed by atoms with Gasteiger partial charge in [-0.1, -0.05) is 24.3 Å². The molecule has 0 aliphatic carbocycles. The zero-order valence-electron chi connectivity index (χ0n) is 13.3. The van der Waals surface area contributed by atoms with Gasteiger partial charge in [-0.25, -0.2) is 13.2 Å². The molecule has 1 aromatic heterocycles. The molecule has 3 rings (SSSR count). The van der Waals surface area contributed by atoms with E-state index in [0.29, 0.717) is 17.0 Å². The molecule has 1 aliphatic heterocycles. The number of thiophene rings is 1. The van der Waals surface area contributed by atoms with Gasteiger partial charge in [-0.15, -0.1) is 11.3 Å². The number of para-hydroxylation sites is 1. The highest BCUT2D eigenvalue weighted by atomic mass is 32.2. The van der Waals surface area contributed by atoms with E-state index >= 15 is 0 Å². The summed E-state index contributed by atoms with van der Waals surface area (Å²) < 4.78 is 28.7. The summed E-state index contributed by atoms with van der Waals surface area (Å²) in [5, 5.41) is 1.75. The first-order chi connectivity index (χ1) is 12.0. The van der Waals surface area contributed by atoms with Crippen molar-refractivity contribution in [2.45, 2.75) is 12.5 Å². The Morgan fingerprint density at radius 1 is 1.16 bits per heavy atom. The van der Waals surface area contributed by atoms with Gasteiger partial charge in [-0.3, -0.25) is 4.79 Å². The Balaban J connectivity index is 1.75. The van der Waals surface area contributed by atoms with E-state index in [1.807, 2.05) is 6.07 Å². The van der Waals surface area contributed by atoms with E-state index in [-0.39, 0.29) is 11.5 Å². The lowest BCUT2D eigenvalue weighted by Crippen LogP contribution is -2.43. The maximum absolute atomic E-state index is 12.7. The average molecular weight is 379 g/mol. The Labute approximate surface area is 149 Å². The number of ether oxygens (including phenoxy) is 1. The number of benzene rings is 1. The summed E-state index contributed by atoms with van der Waals surface area (Å²) in [5.74, 6) is -1.01. The van der Waals surface area contributed by atoms with Crippen molar-refractivity contribution >= 4 is 38.7 Å². The van der Waals surface area contributed by atoms with Crippen molar-refractivity contribution in [2.24, 2.45) is 0 Å². The molecule has 0 N–H and O–H groups in total. The van der Waals surface area contributed by atoms with E-state index < -0.39 is 34.4 Å². The number of esters is 1. The second kappa shape index (κ2) is 7.37. The monoisotopic (exact) mass is 379 g/mol. The van der Waals surface area contributed by atoms with Gasteiger partial charge < -0.3 is 9.64 Å². The van der Waals surface area contributed by atoms with Crippen LogP contribution in [-0.2, 0) is 19.4 Å². The number of nitrogens with zero attached hydrogens (tertiary/aromatic N) is 1. The number of carbonyl (C=O) groups is 2. The van der Waals surface area contributed by atoms with Gasteiger partial charge in [0.1, 0.15) is 4.88 Å². The molecule has 0 saturated carbocycles. The van der Waals surface area contributed by atoms with Crippen molar-refractivity contribution in [2.75, 3.05) is 23.0 Å². The molecule has 0 bridgehead atoms. The summed E-state index contributed by atoms with van der Waals surface area (Å²) in [6.07, 6.45) is 0.377. The third-order valence-corrected chi connectivity index (χ3v) is 6.53. The first-order valence-electron chi connectivity index (χ1n) is 7.74. The first kappa shape index (κ1) is 17.6. The van der Waals surface area contributed by atoms with Crippen LogP contribution in [0.25, 0.3) is 0 Å². The zero-order valence-corrected chi connectivity index (χ0v) is 15.0. The molecule has 2 aromatic rings. The van der Waals surface area contributed by atoms with Crippen LogP contribution in [0.5, 0.6) is 0 Å². The van der Waals surface area contributed by atoms with Crippen molar-refractivity contribution in [3.8, 4) is 0 Å². The summed E-state index contributed by atoms with van der Waals surface area (Å²) in [4.78, 5) is 26.4. The number of anilines is 1. The van der Waals surface area contributed by atoms with E-state index in [1.54, 1.807) is 41.8 Å². The van der Waals surface area contributed by atoms with Crippen LogP contribution in [0, 0.1) is 0 Å². The molecule has 1 saturated heterocycles. The van der Waals surface area contributed by atoms with Crippen LogP contribution in [0.2, 0.25) is 0 Å². The summed E-state index contributed by atoms with van der Waals surface area (Å²) in [6.45, 7) is -0.428. The Bertz CT molecular complexity index is 846. The Morgan fingerprint density at radius 3 is 2.52 bits per heavy atom. The fraction of sp³-hybridized carbons (Fsp3) is 0.294. The lowest BCUT2D eigenvalue weighted by atomic mass is 10.2. The Kier molecular flexibility index (Phi) is 5.19. The molecule has 6 nitrogen and oxygen atoms in total. The van der Waals surface area contributed by atoms with Gasteiger partial charge in [0, 0.05) is 5.69 Å². The third kappa shape index (κ3) is 4.26. The van der Waals surface area contributed by atoms with Crippen molar-refractivity contribution in [3.63, 3.8) is 0 Å². The molecule has 25 heavy (non-hydrogen) atoms. The summed E-state index contributed by atoms with van der Waals surface area (Å²) >= 11 is 1.23. The van der Waals surface area contributed by atoms with Gasteiger partial charge in [-0.05, 0) is 30.0 Å². The highest BCUT2D eigenvalue weighted by molar-refractivity contribution is 7.91. The topological polar surface area (TPSA) is 80.8 Å². The maximum Gasteiger partial charge on any atom is 0.348 e. The van der Waals surface area contributed by atoms with Crippen molar-refractivity contribution in [1.82, 2.24) is 0 Å². The van der Waals surface area contributed by atoms with Gasteiger partial charge in [0.2, 0.25) is 0 Å². The van der Waals surface area contributed by atoms with Crippen LogP contribution < -0.4 is 4.90 Å². The molecule has 1 aliphatic rings. The van der Waals surface area contributed by atoms with E-state index in [0.717, 1.165) is 0 Å². The van der Waals surface area contributed by atoms with Crippen molar-refractivity contribution in [1.29, 1.82) is 0 Å². The predicted molar refractivity (Wildman–Crippen MR) is 95.6 cm³/mol. The molecular weight excluding hydrogens is 362 g/mol. The fourth-order valence-electron chi connectivity index (χ4n) is 2.79. The van der Waals surface area contributed by atoms with Crippen LogP contribution in [0.1, 0.15) is 16.1 Å². The number of amides is 1. The molecular formula is C17H17NO5S2. The second-order valence-electron chi connectivity index (χ2n) is 5.71. The Hall–Kier alpha value is -2.19. The van der Waals surface area contributed by atoms with Gasteiger partial charge in [0.05, 0.1) is 17.5 Å². The zero-order chi connectivity index (χ0) is 17.9. The number of hydrogen-bond acceptors (Lipinski definition) is 6. The van der Waals surface area contributed by atoms with Gasteiger partial charge >= 0.3 is 5.97 Å². The molecule has 1 aromatic carbocycles. The molecule has 132 valence electrons. The standard InChI is InChI=1S/C17H17NO5S2/c19-16(11-23-17(20)15-7-4-9-24-15)18(13-5-2-1-3-6-13)14-8-10-25(21,22)12-14/h1-7,9,14H,8,10-12H2/t14-/m0/s1. The molecule has 2 heterocycles. The number of hydrogen-bond donors (Lipinski definition) is 0. The van der Waals surface area contributed by atoms with Crippen molar-refractivity contribution < 1.29 is 22.7 Å². The second-order valence-corrected chi connectivity index (χ2v) is 8.89. The van der Waals surface area contributed by atoms with Crippen LogP contribution in [0.4, 0.5) is 5.69 Å². The quantitative estimate of drug-likeness (QED) is 0.744. The fourth-order valence-corrected chi connectivity index (χ4v) is 5.10. The molecule has 1 amide bonds. The van der Waals surface area contributed by atoms with Gasteiger partial charge in [-0.2, -0.15) is 0 Å². The largest absolute Gasteiger partial charge is 0.451 e. The summed E-state index contributed by atoms with van der Waals surface area (Å²) in [7, 11) is -3.15. The molecule has 1 fully saturated rings. The predicted octanol–water partition coefficient (Wildman–Crippen LogP) is 2.13. The van der Waals surface area contributed by atoms with E-state index in [4.69, 9.17) is 4.74 Å². The minimum absolute atomic E-state index is 0.0588. The Morgan fingerprint density at radius 2 is 1.92 bits per heavy atom. The highest BCUT2D eigenvalue weighted by Crippen LogP contribution is 2.24. The summed E-state index contributed by atoms with van der Waals surface area (Å²) in [5.41, 5.74) is 0.599. The van der Waals surface area contributed by atoms with Crippen LogP contribution in [-0.4, -0.2) is 44.4 Å². The van der Waals surface area contributed by atoms with Crippen LogP contribution in [0.3, 0.4) is 0 Å². The maximum atomic E-state index is 12.7. The van der Waals surface area contributed by atoms with Gasteiger partial charge in [0.25, 0.3) is 5.91 Å². The lowest BCUT2D eigenvalue weighted by molar-refractivity contribution is -0.122. The minimum Gasteiger partial charge on any atom is -0.451 e. The van der Waals surface area contributed by atoms with Crippen LogP contribution in [0.15, 0.2) is 47.8 Å². The van der Waals surface area contributed by atoms with E-state index in [9.17, 15) is 18.0 Å². The third-order valence-electron chi connectivity index (χ3n) is 3.93. The number of sulfone groups is 1. The lowest BCUT2D eigenvalue weighted by Gasteiger charge is -2.28. The van der Waals surface area contributed by atoms with Gasteiger partial charge in [0.15, 0.2) is 16.4 Å². The van der Waals surface area contributed by atoms with Crippen LogP contribution >= 0.6 is 11.3 Å².